The van der Waals surface area contributed by atoms with Crippen LogP contribution >= 0.6 is 0 Å². The van der Waals surface area contributed by atoms with E-state index in [1.54, 1.807) is 0 Å². The van der Waals surface area contributed by atoms with Crippen LogP contribution in [0.25, 0.3) is 0 Å². The van der Waals surface area contributed by atoms with Gasteiger partial charge in [-0.1, -0.05) is 0 Å². The van der Waals surface area contributed by atoms with Gasteiger partial charge in [-0.2, -0.15) is 0 Å². The van der Waals surface area contributed by atoms with Crippen molar-refractivity contribution < 1.29 is 19.6 Å². The first-order valence-electron chi connectivity index (χ1n) is 5.95. The Morgan fingerprint density at radius 3 is 2.70 bits per heavy atom. The summed E-state index contributed by atoms with van der Waals surface area (Å²) in [5.41, 5.74) is 5.15. The molecule has 1 heterocycles. The predicted octanol–water partition coefficient (Wildman–Crippen LogP) is 0.605. The molecule has 8 heteroatoms. The highest BCUT2D eigenvalue weighted by molar-refractivity contribution is 5.98. The summed E-state index contributed by atoms with van der Waals surface area (Å²) < 4.78 is 0. The van der Waals surface area contributed by atoms with E-state index in [0.29, 0.717) is 13.1 Å². The summed E-state index contributed by atoms with van der Waals surface area (Å²) >= 11 is 0. The Hall–Kier alpha value is -2.48. The number of nitro benzene ring substituents is 1. The van der Waals surface area contributed by atoms with Gasteiger partial charge in [-0.05, 0) is 18.5 Å². The van der Waals surface area contributed by atoms with E-state index < -0.39 is 10.9 Å². The molecular formula is C12H13N3O5. The van der Waals surface area contributed by atoms with Crippen molar-refractivity contribution in [1.29, 1.82) is 0 Å². The van der Waals surface area contributed by atoms with Crippen LogP contribution in [-0.2, 0) is 4.79 Å². The molecule has 1 amide bonds. The molecule has 8 nitrogen and oxygen atoms in total. The van der Waals surface area contributed by atoms with Crippen molar-refractivity contribution in [2.24, 2.45) is 11.7 Å². The Balaban J connectivity index is 2.43. The van der Waals surface area contributed by atoms with Crippen LogP contribution in [0.3, 0.4) is 0 Å². The van der Waals surface area contributed by atoms with Crippen molar-refractivity contribution >= 4 is 23.3 Å². The third-order valence-corrected chi connectivity index (χ3v) is 3.21. The SMILES string of the molecule is NCC1CC(=O)N(c2cc(C(=O)O)cc([N+](=O)[O-])c2)C1. The number of carboxylic acid groups (broad SMARTS) is 1. The molecule has 0 bridgehead atoms. The topological polar surface area (TPSA) is 127 Å². The number of benzene rings is 1. The highest BCUT2D eigenvalue weighted by Crippen LogP contribution is 2.29. The van der Waals surface area contributed by atoms with Crippen LogP contribution in [0.15, 0.2) is 18.2 Å². The van der Waals surface area contributed by atoms with Gasteiger partial charge in [0.2, 0.25) is 5.91 Å². The number of nitrogens with two attached hydrogens (primary N) is 1. The number of amides is 1. The zero-order chi connectivity index (χ0) is 14.9. The number of carbonyl (C=O) groups excluding carboxylic acids is 1. The quantitative estimate of drug-likeness (QED) is 0.614. The number of hydrogen-bond donors (Lipinski definition) is 2. The first-order chi connectivity index (χ1) is 9.42. The highest BCUT2D eigenvalue weighted by atomic mass is 16.6. The predicted molar refractivity (Wildman–Crippen MR) is 69.6 cm³/mol. The minimum Gasteiger partial charge on any atom is -0.478 e. The number of aromatic carboxylic acids is 1. The van der Waals surface area contributed by atoms with Crippen molar-refractivity contribution in [3.05, 3.63) is 33.9 Å². The highest BCUT2D eigenvalue weighted by Gasteiger charge is 2.31. The van der Waals surface area contributed by atoms with E-state index >= 15 is 0 Å². The van der Waals surface area contributed by atoms with Crippen LogP contribution in [0.4, 0.5) is 11.4 Å². The molecule has 1 aromatic carbocycles. The molecule has 1 aliphatic rings. The summed E-state index contributed by atoms with van der Waals surface area (Å²) in [5, 5.41) is 19.8. The molecule has 106 valence electrons. The van der Waals surface area contributed by atoms with Gasteiger partial charge in [0.25, 0.3) is 5.69 Å². The fourth-order valence-corrected chi connectivity index (χ4v) is 2.17. The Bertz CT molecular complexity index is 554. The average molecular weight is 279 g/mol. The molecule has 1 aromatic rings. The minimum absolute atomic E-state index is 0.0185. The lowest BCUT2D eigenvalue weighted by Crippen LogP contribution is -2.26. The van der Waals surface area contributed by atoms with E-state index in [9.17, 15) is 19.7 Å². The second kappa shape index (κ2) is 5.25. The molecule has 0 spiro atoms. The molecule has 0 aromatic heterocycles. The summed E-state index contributed by atoms with van der Waals surface area (Å²) in [6.07, 6.45) is 0.265. The zero-order valence-corrected chi connectivity index (χ0v) is 10.5. The Morgan fingerprint density at radius 1 is 1.50 bits per heavy atom. The van der Waals surface area contributed by atoms with Crippen LogP contribution in [-0.4, -0.2) is 35.0 Å². The van der Waals surface area contributed by atoms with Crippen molar-refractivity contribution in [3.8, 4) is 0 Å². The molecule has 20 heavy (non-hydrogen) atoms. The molecule has 3 N–H and O–H groups in total. The molecule has 0 radical (unpaired) electrons. The maximum absolute atomic E-state index is 11.9. The van der Waals surface area contributed by atoms with E-state index in [-0.39, 0.29) is 35.2 Å². The van der Waals surface area contributed by atoms with Crippen molar-refractivity contribution in [2.75, 3.05) is 18.0 Å². The smallest absolute Gasteiger partial charge is 0.336 e. The number of nitro groups is 1. The van der Waals surface area contributed by atoms with Gasteiger partial charge in [0.15, 0.2) is 0 Å². The third-order valence-electron chi connectivity index (χ3n) is 3.21. The summed E-state index contributed by atoms with van der Waals surface area (Å²) in [4.78, 5) is 34.4. The summed E-state index contributed by atoms with van der Waals surface area (Å²) in [6, 6.07) is 3.42. The first kappa shape index (κ1) is 13.9. The summed E-state index contributed by atoms with van der Waals surface area (Å²) in [7, 11) is 0. The maximum atomic E-state index is 11.9. The number of anilines is 1. The van der Waals surface area contributed by atoms with E-state index in [0.717, 1.165) is 6.07 Å². The second-order valence-corrected chi connectivity index (χ2v) is 4.61. The maximum Gasteiger partial charge on any atom is 0.336 e. The van der Waals surface area contributed by atoms with E-state index in [1.807, 2.05) is 0 Å². The average Bonchev–Trinajstić information content (AvgIpc) is 2.79. The van der Waals surface area contributed by atoms with Gasteiger partial charge in [-0.15, -0.1) is 0 Å². The van der Waals surface area contributed by atoms with Gasteiger partial charge in [0.1, 0.15) is 0 Å². The van der Waals surface area contributed by atoms with Gasteiger partial charge in [0.05, 0.1) is 16.2 Å². The second-order valence-electron chi connectivity index (χ2n) is 4.61. The van der Waals surface area contributed by atoms with Gasteiger partial charge < -0.3 is 15.7 Å². The third kappa shape index (κ3) is 2.59. The van der Waals surface area contributed by atoms with E-state index in [4.69, 9.17) is 10.8 Å². The lowest BCUT2D eigenvalue weighted by atomic mass is 10.1. The lowest BCUT2D eigenvalue weighted by molar-refractivity contribution is -0.384. The molecular weight excluding hydrogens is 266 g/mol. The number of hydrogen-bond acceptors (Lipinski definition) is 5. The Morgan fingerprint density at radius 2 is 2.20 bits per heavy atom. The van der Waals surface area contributed by atoms with Crippen molar-refractivity contribution in [1.82, 2.24) is 0 Å². The first-order valence-corrected chi connectivity index (χ1v) is 5.95. The molecule has 1 fully saturated rings. The molecule has 2 rings (SSSR count). The van der Waals surface area contributed by atoms with Gasteiger partial charge in [0, 0.05) is 25.1 Å². The lowest BCUT2D eigenvalue weighted by Gasteiger charge is -2.16. The fourth-order valence-electron chi connectivity index (χ4n) is 2.17. The van der Waals surface area contributed by atoms with Crippen LogP contribution in [0.1, 0.15) is 16.8 Å². The molecule has 1 aliphatic heterocycles. The van der Waals surface area contributed by atoms with Gasteiger partial charge >= 0.3 is 5.97 Å². The largest absolute Gasteiger partial charge is 0.478 e. The summed E-state index contributed by atoms with van der Waals surface area (Å²) in [6.45, 7) is 0.679. The molecule has 1 atom stereocenters. The molecule has 1 unspecified atom stereocenters. The summed E-state index contributed by atoms with van der Waals surface area (Å²) in [5.74, 6) is -1.51. The van der Waals surface area contributed by atoms with Crippen LogP contribution in [0.2, 0.25) is 0 Å². The number of rotatable bonds is 4. The molecule has 0 saturated carbocycles. The number of nitrogens with zero attached hydrogens (tertiary/aromatic N) is 2. The Kier molecular flexibility index (Phi) is 3.66. The normalized spacial score (nSPS) is 18.4. The number of non-ortho nitro benzene ring substituents is 1. The molecule has 1 saturated heterocycles. The monoisotopic (exact) mass is 279 g/mol. The number of carboxylic acids is 1. The minimum atomic E-state index is -1.28. The molecule has 0 aliphatic carbocycles. The van der Waals surface area contributed by atoms with Crippen LogP contribution in [0, 0.1) is 16.0 Å². The van der Waals surface area contributed by atoms with Gasteiger partial charge in [-0.3, -0.25) is 14.9 Å². The number of carbonyl (C=O) groups is 2. The van der Waals surface area contributed by atoms with E-state index in [1.165, 1.54) is 17.0 Å². The fraction of sp³-hybridized carbons (Fsp3) is 0.333. The van der Waals surface area contributed by atoms with E-state index in [2.05, 4.69) is 0 Å². The Labute approximate surface area is 113 Å². The van der Waals surface area contributed by atoms with Gasteiger partial charge in [-0.25, -0.2) is 4.79 Å². The van der Waals surface area contributed by atoms with Crippen molar-refractivity contribution in [3.63, 3.8) is 0 Å². The van der Waals surface area contributed by atoms with Crippen LogP contribution < -0.4 is 10.6 Å². The van der Waals surface area contributed by atoms with Crippen molar-refractivity contribution in [2.45, 2.75) is 6.42 Å². The van der Waals surface area contributed by atoms with Crippen LogP contribution in [0.5, 0.6) is 0 Å². The standard InChI is InChI=1S/C12H13N3O5/c13-5-7-1-11(16)14(6-7)9-2-8(12(17)18)3-10(4-9)15(19)20/h2-4,7H,1,5-6,13H2,(H,17,18). The zero-order valence-electron chi connectivity index (χ0n) is 10.5.